The van der Waals surface area contributed by atoms with Crippen LogP contribution >= 0.6 is 0 Å². The van der Waals surface area contributed by atoms with E-state index in [0.717, 1.165) is 11.8 Å². The molecule has 0 fully saturated rings. The average molecular weight is 334 g/mol. The largest absolute Gasteiger partial charge is 0.444 e. The molecule has 6 nitrogen and oxygen atoms in total. The van der Waals surface area contributed by atoms with Crippen molar-refractivity contribution in [2.45, 2.75) is 45.8 Å². The Morgan fingerprint density at radius 1 is 1.25 bits per heavy atom. The fourth-order valence-corrected chi connectivity index (χ4v) is 1.82. The number of benzene rings is 1. The van der Waals surface area contributed by atoms with Crippen molar-refractivity contribution >= 4 is 18.6 Å². The average Bonchev–Trinajstić information content (AvgIpc) is 2.52. The fraction of sp³-hybridized carbons (Fsp3) is 0.500. The third kappa shape index (κ3) is 8.92. The molecule has 1 amide bonds. The molecule has 0 bridgehead atoms. The van der Waals surface area contributed by atoms with Gasteiger partial charge in [0.05, 0.1) is 12.8 Å². The molecule has 0 aromatic heterocycles. The zero-order valence-corrected chi connectivity index (χ0v) is 14.6. The van der Waals surface area contributed by atoms with Crippen LogP contribution in [0.1, 0.15) is 39.2 Å². The number of rotatable bonds is 9. The van der Waals surface area contributed by atoms with Crippen LogP contribution in [0.4, 0.5) is 4.79 Å². The first-order valence-electron chi connectivity index (χ1n) is 8.01. The lowest BCUT2D eigenvalue weighted by molar-refractivity contribution is -0.108. The van der Waals surface area contributed by atoms with E-state index in [9.17, 15) is 9.59 Å². The molecular formula is C18H26N2O4. The minimum atomic E-state index is -0.569. The van der Waals surface area contributed by atoms with Crippen molar-refractivity contribution in [3.8, 4) is 0 Å². The van der Waals surface area contributed by atoms with Crippen LogP contribution in [0.15, 0.2) is 35.5 Å². The molecule has 132 valence electrons. The number of carbonyl (C=O) groups is 2. The maximum atomic E-state index is 12.2. The van der Waals surface area contributed by atoms with Crippen LogP contribution in [0, 0.1) is 0 Å². The summed E-state index contributed by atoms with van der Waals surface area (Å²) in [4.78, 5) is 29.3. The van der Waals surface area contributed by atoms with E-state index in [1.54, 1.807) is 0 Å². The van der Waals surface area contributed by atoms with Gasteiger partial charge in [-0.3, -0.25) is 0 Å². The highest BCUT2D eigenvalue weighted by Gasteiger charge is 2.21. The van der Waals surface area contributed by atoms with Crippen molar-refractivity contribution in [2.24, 2.45) is 5.16 Å². The number of unbranched alkanes of at least 4 members (excludes halogenated alkanes) is 1. The maximum absolute atomic E-state index is 12.2. The summed E-state index contributed by atoms with van der Waals surface area (Å²) in [6.07, 6.45) is 2.92. The standard InChI is InChI=1S/C18H26N2O4/c1-18(2,3)24-17(22)20(12-7-8-14-21)13-11-19-23-15-16-9-5-4-6-10-16/h4-6,9-11,14H,7-8,12-13,15H2,1-3H3/b19-11+. The van der Waals surface area contributed by atoms with E-state index < -0.39 is 11.7 Å². The highest BCUT2D eigenvalue weighted by Crippen LogP contribution is 2.10. The molecule has 0 spiro atoms. The van der Waals surface area contributed by atoms with Gasteiger partial charge in [-0.1, -0.05) is 35.5 Å². The van der Waals surface area contributed by atoms with Gasteiger partial charge in [0.1, 0.15) is 18.5 Å². The lowest BCUT2D eigenvalue weighted by Crippen LogP contribution is -2.38. The summed E-state index contributed by atoms with van der Waals surface area (Å²) >= 11 is 0. The Hall–Kier alpha value is -2.37. The second-order valence-corrected chi connectivity index (χ2v) is 6.28. The van der Waals surface area contributed by atoms with Gasteiger partial charge in [-0.25, -0.2) is 4.79 Å². The molecule has 1 rings (SSSR count). The molecule has 0 aliphatic rings. The van der Waals surface area contributed by atoms with Crippen LogP contribution < -0.4 is 0 Å². The Bertz CT molecular complexity index is 524. The summed E-state index contributed by atoms with van der Waals surface area (Å²) in [5.41, 5.74) is 0.450. The molecule has 0 aliphatic heterocycles. The van der Waals surface area contributed by atoms with Gasteiger partial charge in [0.15, 0.2) is 0 Å². The predicted molar refractivity (Wildman–Crippen MR) is 92.8 cm³/mol. The van der Waals surface area contributed by atoms with Gasteiger partial charge in [-0.2, -0.15) is 0 Å². The maximum Gasteiger partial charge on any atom is 0.410 e. The normalized spacial score (nSPS) is 11.3. The van der Waals surface area contributed by atoms with Gasteiger partial charge >= 0.3 is 6.09 Å². The first-order chi connectivity index (χ1) is 11.4. The van der Waals surface area contributed by atoms with E-state index in [4.69, 9.17) is 9.57 Å². The molecule has 24 heavy (non-hydrogen) atoms. The van der Waals surface area contributed by atoms with E-state index in [0.29, 0.717) is 26.0 Å². The van der Waals surface area contributed by atoms with Crippen LogP contribution in [0.25, 0.3) is 0 Å². The number of hydrogen-bond acceptors (Lipinski definition) is 5. The topological polar surface area (TPSA) is 68.2 Å². The van der Waals surface area contributed by atoms with Gasteiger partial charge < -0.3 is 19.3 Å². The Morgan fingerprint density at radius 3 is 2.58 bits per heavy atom. The number of ether oxygens (including phenoxy) is 1. The number of hydrogen-bond donors (Lipinski definition) is 0. The SMILES string of the molecule is CC(C)(C)OC(=O)N(C/C=N/OCc1ccccc1)CCCC=O. The minimum Gasteiger partial charge on any atom is -0.444 e. The second-order valence-electron chi connectivity index (χ2n) is 6.28. The quantitative estimate of drug-likeness (QED) is 0.300. The van der Waals surface area contributed by atoms with E-state index >= 15 is 0 Å². The van der Waals surface area contributed by atoms with Crippen LogP contribution in [-0.4, -0.2) is 42.2 Å². The number of aldehydes is 1. The second kappa shape index (κ2) is 10.4. The van der Waals surface area contributed by atoms with Crippen molar-refractivity contribution in [1.29, 1.82) is 0 Å². The summed E-state index contributed by atoms with van der Waals surface area (Å²) in [7, 11) is 0. The third-order valence-corrected chi connectivity index (χ3v) is 2.93. The van der Waals surface area contributed by atoms with Crippen molar-refractivity contribution in [1.82, 2.24) is 4.90 Å². The molecule has 1 aromatic rings. The van der Waals surface area contributed by atoms with Crippen molar-refractivity contribution in [3.63, 3.8) is 0 Å². The summed E-state index contributed by atoms with van der Waals surface area (Å²) < 4.78 is 5.35. The van der Waals surface area contributed by atoms with Crippen LogP contribution in [0.5, 0.6) is 0 Å². The van der Waals surface area contributed by atoms with E-state index in [1.807, 2.05) is 51.1 Å². The fourth-order valence-electron chi connectivity index (χ4n) is 1.82. The van der Waals surface area contributed by atoms with Gasteiger partial charge in [-0.05, 0) is 32.8 Å². The zero-order valence-electron chi connectivity index (χ0n) is 14.6. The van der Waals surface area contributed by atoms with Gasteiger partial charge in [-0.15, -0.1) is 0 Å². The minimum absolute atomic E-state index is 0.266. The Balaban J connectivity index is 2.46. The summed E-state index contributed by atoms with van der Waals surface area (Å²) in [6.45, 7) is 6.50. The summed E-state index contributed by atoms with van der Waals surface area (Å²) in [6, 6.07) is 9.69. The highest BCUT2D eigenvalue weighted by atomic mass is 16.6. The van der Waals surface area contributed by atoms with Gasteiger partial charge in [0.2, 0.25) is 0 Å². The molecule has 0 atom stereocenters. The Kier molecular flexibility index (Phi) is 8.54. The van der Waals surface area contributed by atoms with Crippen molar-refractivity contribution in [2.75, 3.05) is 13.1 Å². The first kappa shape index (κ1) is 19.7. The Labute approximate surface area is 143 Å². The molecule has 0 aliphatic carbocycles. The summed E-state index contributed by atoms with van der Waals surface area (Å²) in [5.74, 6) is 0. The predicted octanol–water partition coefficient (Wildman–Crippen LogP) is 3.41. The molecule has 1 aromatic carbocycles. The van der Waals surface area contributed by atoms with Crippen molar-refractivity contribution in [3.05, 3.63) is 35.9 Å². The van der Waals surface area contributed by atoms with Gasteiger partial charge in [0.25, 0.3) is 0 Å². The number of nitrogens with zero attached hydrogens (tertiary/aromatic N) is 2. The van der Waals surface area contributed by atoms with E-state index in [2.05, 4.69) is 5.16 Å². The molecule has 0 unspecified atom stereocenters. The molecular weight excluding hydrogens is 308 g/mol. The molecule has 6 heteroatoms. The highest BCUT2D eigenvalue weighted by molar-refractivity contribution is 5.73. The first-order valence-corrected chi connectivity index (χ1v) is 8.01. The van der Waals surface area contributed by atoms with Crippen LogP contribution in [0.3, 0.4) is 0 Å². The zero-order chi connectivity index (χ0) is 17.8. The van der Waals surface area contributed by atoms with Gasteiger partial charge in [0, 0.05) is 13.0 Å². The van der Waals surface area contributed by atoms with Crippen LogP contribution in [-0.2, 0) is 21.0 Å². The number of amides is 1. The monoisotopic (exact) mass is 334 g/mol. The molecule has 0 saturated carbocycles. The third-order valence-electron chi connectivity index (χ3n) is 2.93. The molecule has 0 heterocycles. The lowest BCUT2D eigenvalue weighted by Gasteiger charge is -2.26. The van der Waals surface area contributed by atoms with E-state index in [1.165, 1.54) is 11.1 Å². The number of oxime groups is 1. The van der Waals surface area contributed by atoms with E-state index in [-0.39, 0.29) is 6.54 Å². The lowest BCUT2D eigenvalue weighted by atomic mass is 10.2. The van der Waals surface area contributed by atoms with Crippen LogP contribution in [0.2, 0.25) is 0 Å². The number of carbonyl (C=O) groups excluding carboxylic acids is 2. The van der Waals surface area contributed by atoms with Crippen molar-refractivity contribution < 1.29 is 19.2 Å². The smallest absolute Gasteiger partial charge is 0.410 e. The molecule has 0 N–H and O–H groups in total. The molecule has 0 radical (unpaired) electrons. The molecule has 0 saturated heterocycles. The summed E-state index contributed by atoms with van der Waals surface area (Å²) in [5, 5.41) is 3.87. The Morgan fingerprint density at radius 2 is 1.96 bits per heavy atom.